The summed E-state index contributed by atoms with van der Waals surface area (Å²) in [6.07, 6.45) is 0. The van der Waals surface area contributed by atoms with Gasteiger partial charge in [0.2, 0.25) is 0 Å². The molecule has 1 aromatic carbocycles. The Hall–Kier alpha value is -3.88. The highest BCUT2D eigenvalue weighted by Gasteiger charge is 2.34. The van der Waals surface area contributed by atoms with Crippen molar-refractivity contribution in [3.63, 3.8) is 0 Å². The van der Waals surface area contributed by atoms with E-state index in [1.807, 2.05) is 6.07 Å². The topological polar surface area (TPSA) is 124 Å². The van der Waals surface area contributed by atoms with Crippen molar-refractivity contribution in [1.29, 1.82) is 0 Å². The van der Waals surface area contributed by atoms with Gasteiger partial charge in [-0.15, -0.1) is 0 Å². The predicted octanol–water partition coefficient (Wildman–Crippen LogP) is 2.28. The molecule has 31 heavy (non-hydrogen) atoms. The molecule has 0 fully saturated rings. The van der Waals surface area contributed by atoms with Gasteiger partial charge >= 0.3 is 23.6 Å². The monoisotopic (exact) mass is 426 g/mol. The molecule has 1 aliphatic heterocycles. The van der Waals surface area contributed by atoms with Gasteiger partial charge in [-0.25, -0.2) is 19.2 Å². The van der Waals surface area contributed by atoms with Gasteiger partial charge in [0.05, 0.1) is 23.9 Å². The van der Waals surface area contributed by atoms with Crippen LogP contribution in [0.25, 0.3) is 0 Å². The Morgan fingerprint density at radius 2 is 1.77 bits per heavy atom. The lowest BCUT2D eigenvalue weighted by Gasteiger charge is -2.29. The summed E-state index contributed by atoms with van der Waals surface area (Å²) < 4.78 is 15.5. The zero-order valence-electron chi connectivity index (χ0n) is 17.3. The van der Waals surface area contributed by atoms with Crippen LogP contribution < -0.4 is 16.3 Å². The Balaban J connectivity index is 1.95. The van der Waals surface area contributed by atoms with Crippen LogP contribution in [0.3, 0.4) is 0 Å². The second-order valence-electron chi connectivity index (χ2n) is 6.81. The highest BCUT2D eigenvalue weighted by molar-refractivity contribution is 5.96. The minimum Gasteiger partial charge on any atom is -0.463 e. The van der Waals surface area contributed by atoms with E-state index in [1.165, 1.54) is 13.0 Å². The van der Waals surface area contributed by atoms with Crippen LogP contribution in [0.1, 0.15) is 40.2 Å². The molecule has 2 heterocycles. The quantitative estimate of drug-likeness (QED) is 0.679. The van der Waals surface area contributed by atoms with Crippen molar-refractivity contribution in [2.24, 2.45) is 0 Å². The molecular formula is C22H22N2O7. The fourth-order valence-electron chi connectivity index (χ4n) is 3.35. The van der Waals surface area contributed by atoms with Crippen molar-refractivity contribution in [2.45, 2.75) is 26.8 Å². The molecule has 1 aliphatic rings. The first-order valence-corrected chi connectivity index (χ1v) is 9.63. The fraction of sp³-hybridized carbons (Fsp3) is 0.273. The molecule has 9 heteroatoms. The van der Waals surface area contributed by atoms with Gasteiger partial charge in [0.25, 0.3) is 0 Å². The number of urea groups is 1. The Morgan fingerprint density at radius 1 is 1.06 bits per heavy atom. The number of rotatable bonds is 6. The third kappa shape index (κ3) is 4.82. The first-order valence-electron chi connectivity index (χ1n) is 9.63. The molecule has 1 aromatic heterocycles. The molecule has 0 spiro atoms. The van der Waals surface area contributed by atoms with Crippen molar-refractivity contribution < 1.29 is 28.3 Å². The maximum atomic E-state index is 12.7. The van der Waals surface area contributed by atoms with E-state index < -0.39 is 29.6 Å². The van der Waals surface area contributed by atoms with Crippen molar-refractivity contribution in [2.75, 3.05) is 13.2 Å². The van der Waals surface area contributed by atoms with Crippen LogP contribution in [-0.2, 0) is 14.3 Å². The summed E-state index contributed by atoms with van der Waals surface area (Å²) in [4.78, 5) is 49.0. The van der Waals surface area contributed by atoms with Crippen LogP contribution >= 0.6 is 0 Å². The molecule has 0 saturated heterocycles. The number of ether oxygens (including phenoxy) is 2. The summed E-state index contributed by atoms with van der Waals surface area (Å²) in [5, 5.41) is 5.23. The Bertz CT molecular complexity index is 1080. The highest BCUT2D eigenvalue weighted by Crippen LogP contribution is 2.28. The number of hydrogen-bond acceptors (Lipinski definition) is 7. The lowest BCUT2D eigenvalue weighted by molar-refractivity contribution is -0.139. The first-order chi connectivity index (χ1) is 14.8. The second kappa shape index (κ2) is 9.29. The third-order valence-electron chi connectivity index (χ3n) is 4.67. The molecule has 0 unspecified atom stereocenters. The number of benzene rings is 1. The highest BCUT2D eigenvalue weighted by atomic mass is 16.5. The largest absolute Gasteiger partial charge is 0.463 e. The number of hydrogen-bond donors (Lipinski definition) is 2. The van der Waals surface area contributed by atoms with E-state index in [0.29, 0.717) is 11.1 Å². The average Bonchev–Trinajstić information content (AvgIpc) is 2.71. The van der Waals surface area contributed by atoms with Crippen LogP contribution in [0.4, 0.5) is 4.79 Å². The number of esters is 2. The summed E-state index contributed by atoms with van der Waals surface area (Å²) in [5.41, 5.74) is 0.842. The molecule has 0 radical (unpaired) electrons. The molecule has 162 valence electrons. The third-order valence-corrected chi connectivity index (χ3v) is 4.67. The zero-order valence-corrected chi connectivity index (χ0v) is 17.3. The van der Waals surface area contributed by atoms with Crippen LogP contribution in [-0.4, -0.2) is 31.2 Å². The lowest BCUT2D eigenvalue weighted by Crippen LogP contribution is -2.47. The van der Waals surface area contributed by atoms with Gasteiger partial charge in [0.15, 0.2) is 0 Å². The maximum absolute atomic E-state index is 12.7. The molecule has 2 N–H and O–H groups in total. The number of amides is 2. The van der Waals surface area contributed by atoms with E-state index in [0.717, 1.165) is 0 Å². The Morgan fingerprint density at radius 3 is 2.42 bits per heavy atom. The normalized spacial score (nSPS) is 15.7. The van der Waals surface area contributed by atoms with E-state index in [-0.39, 0.29) is 35.8 Å². The van der Waals surface area contributed by atoms with Gasteiger partial charge in [-0.05, 0) is 31.9 Å². The van der Waals surface area contributed by atoms with Crippen molar-refractivity contribution >= 4 is 18.0 Å². The van der Waals surface area contributed by atoms with E-state index in [9.17, 15) is 19.2 Å². The van der Waals surface area contributed by atoms with Crippen molar-refractivity contribution in [3.8, 4) is 0 Å². The number of carbonyl (C=O) groups is 3. The molecule has 0 bridgehead atoms. The first kappa shape index (κ1) is 21.8. The molecule has 0 aliphatic carbocycles. The van der Waals surface area contributed by atoms with Crippen LogP contribution in [0.2, 0.25) is 0 Å². The van der Waals surface area contributed by atoms with Gasteiger partial charge in [-0.3, -0.25) is 0 Å². The van der Waals surface area contributed by atoms with Gasteiger partial charge < -0.3 is 24.5 Å². The van der Waals surface area contributed by atoms with E-state index in [4.69, 9.17) is 13.9 Å². The number of aryl methyl sites for hydroxylation is 2. The Kier molecular flexibility index (Phi) is 6.54. The standard InChI is InChI=1S/C22H22N2O7/c1-4-29-21(27)18-15(23-22(28)24-19(18)14-8-6-5-7-9-14)11-30-20(26)17-12(2)10-16(25)31-13(17)3/h5-10,19H,4,11H2,1-3H3,(H2,23,24,28)/t19-/m0/s1. The van der Waals surface area contributed by atoms with Crippen LogP contribution in [0.15, 0.2) is 56.9 Å². The summed E-state index contributed by atoms with van der Waals surface area (Å²) >= 11 is 0. The van der Waals surface area contributed by atoms with Gasteiger partial charge in [-0.1, -0.05) is 30.3 Å². The lowest BCUT2D eigenvalue weighted by atomic mass is 9.95. The SMILES string of the molecule is CCOC(=O)C1=C(COC(=O)c2c(C)cc(=O)oc2C)NC(=O)N[C@H]1c1ccccc1. The number of carbonyl (C=O) groups excluding carboxylic acids is 3. The molecule has 9 nitrogen and oxygen atoms in total. The summed E-state index contributed by atoms with van der Waals surface area (Å²) in [6.45, 7) is 4.47. The summed E-state index contributed by atoms with van der Waals surface area (Å²) in [7, 11) is 0. The maximum Gasteiger partial charge on any atom is 0.342 e. The minimum absolute atomic E-state index is 0.108. The van der Waals surface area contributed by atoms with Gasteiger partial charge in [0, 0.05) is 6.07 Å². The van der Waals surface area contributed by atoms with Crippen LogP contribution in [0.5, 0.6) is 0 Å². The average molecular weight is 426 g/mol. The van der Waals surface area contributed by atoms with E-state index in [1.54, 1.807) is 38.1 Å². The molecule has 3 rings (SSSR count). The summed E-state index contributed by atoms with van der Waals surface area (Å²) in [6, 6.07) is 8.75. The molecule has 0 saturated carbocycles. The summed E-state index contributed by atoms with van der Waals surface area (Å²) in [5.74, 6) is -1.28. The minimum atomic E-state index is -0.777. The molecule has 2 aromatic rings. The van der Waals surface area contributed by atoms with E-state index in [2.05, 4.69) is 10.6 Å². The second-order valence-corrected chi connectivity index (χ2v) is 6.81. The van der Waals surface area contributed by atoms with E-state index >= 15 is 0 Å². The smallest absolute Gasteiger partial charge is 0.342 e. The Labute approximate surface area is 178 Å². The zero-order chi connectivity index (χ0) is 22.5. The van der Waals surface area contributed by atoms with Crippen molar-refractivity contribution in [3.05, 3.63) is 80.5 Å². The molecular weight excluding hydrogens is 404 g/mol. The molecule has 2 amide bonds. The molecule has 1 atom stereocenters. The van der Waals surface area contributed by atoms with Gasteiger partial charge in [-0.2, -0.15) is 0 Å². The number of nitrogens with one attached hydrogen (secondary N) is 2. The van der Waals surface area contributed by atoms with Crippen molar-refractivity contribution in [1.82, 2.24) is 10.6 Å². The fourth-order valence-corrected chi connectivity index (χ4v) is 3.35. The predicted molar refractivity (Wildman–Crippen MR) is 109 cm³/mol. The van der Waals surface area contributed by atoms with Gasteiger partial charge in [0.1, 0.15) is 17.9 Å². The van der Waals surface area contributed by atoms with Crippen LogP contribution in [0, 0.1) is 13.8 Å².